The number of benzene rings is 1. The Labute approximate surface area is 83.6 Å². The van der Waals surface area contributed by atoms with Crippen LogP contribution in [0.3, 0.4) is 0 Å². The Morgan fingerprint density at radius 2 is 2.00 bits per heavy atom. The number of aliphatic carboxylic acids is 1. The molecule has 0 unspecified atom stereocenters. The molecule has 76 valence electrons. The highest BCUT2D eigenvalue weighted by atomic mass is 16.4. The quantitative estimate of drug-likeness (QED) is 0.688. The Bertz CT molecular complexity index is 370. The highest BCUT2D eigenvalue weighted by Crippen LogP contribution is 2.20. The third kappa shape index (κ3) is 1.77. The second kappa shape index (κ2) is 3.42. The van der Waals surface area contributed by atoms with Gasteiger partial charge in [0.05, 0.1) is 0 Å². The lowest BCUT2D eigenvalue weighted by molar-refractivity contribution is -0.489. The standard InChI is InChI=1S/C11H15NO2/c1-7-4-5-9(8(2)6-7)11(3,12)10(13)14/h4-6H,12H2,1-3H3,(H,13,14)/t11-/m0/s1. The van der Waals surface area contributed by atoms with Gasteiger partial charge in [-0.25, -0.2) is 0 Å². The molecule has 3 heteroatoms. The van der Waals surface area contributed by atoms with Gasteiger partial charge >= 0.3 is 0 Å². The fraction of sp³-hybridized carbons (Fsp3) is 0.364. The average Bonchev–Trinajstić information content (AvgIpc) is 2.02. The lowest BCUT2D eigenvalue weighted by Gasteiger charge is -2.24. The van der Waals surface area contributed by atoms with Crippen molar-refractivity contribution in [1.29, 1.82) is 0 Å². The molecular weight excluding hydrogens is 178 g/mol. The molecule has 1 rings (SSSR count). The Kier molecular flexibility index (Phi) is 2.62. The number of rotatable bonds is 2. The van der Waals surface area contributed by atoms with Crippen LogP contribution in [0.25, 0.3) is 0 Å². The van der Waals surface area contributed by atoms with E-state index in [1.54, 1.807) is 13.0 Å². The third-order valence-electron chi connectivity index (χ3n) is 2.43. The molecular formula is C11H15NO2. The van der Waals surface area contributed by atoms with E-state index >= 15 is 0 Å². The number of quaternary nitrogens is 1. The summed E-state index contributed by atoms with van der Waals surface area (Å²) >= 11 is 0. The summed E-state index contributed by atoms with van der Waals surface area (Å²) in [6.07, 6.45) is 0. The summed E-state index contributed by atoms with van der Waals surface area (Å²) in [5.41, 5.74) is 5.26. The summed E-state index contributed by atoms with van der Waals surface area (Å²) in [5, 5.41) is 10.9. The lowest BCUT2D eigenvalue weighted by atomic mass is 9.89. The summed E-state index contributed by atoms with van der Waals surface area (Å²) in [6.45, 7) is 5.41. The molecule has 0 heterocycles. The zero-order chi connectivity index (χ0) is 10.9. The number of hydrogen-bond acceptors (Lipinski definition) is 2. The molecule has 3 N–H and O–H groups in total. The Morgan fingerprint density at radius 3 is 2.43 bits per heavy atom. The third-order valence-corrected chi connectivity index (χ3v) is 2.43. The Balaban J connectivity index is 3.26. The zero-order valence-corrected chi connectivity index (χ0v) is 8.76. The molecule has 0 aliphatic rings. The van der Waals surface area contributed by atoms with Crippen molar-refractivity contribution in [3.63, 3.8) is 0 Å². The largest absolute Gasteiger partial charge is 0.543 e. The van der Waals surface area contributed by atoms with Gasteiger partial charge in [0, 0.05) is 12.5 Å². The number of carbonyl (C=O) groups is 1. The first kappa shape index (κ1) is 10.7. The minimum Gasteiger partial charge on any atom is -0.543 e. The summed E-state index contributed by atoms with van der Waals surface area (Å²) in [4.78, 5) is 10.9. The highest BCUT2D eigenvalue weighted by molar-refractivity contribution is 5.76. The maximum atomic E-state index is 10.9. The first-order valence-electron chi connectivity index (χ1n) is 4.50. The summed E-state index contributed by atoms with van der Waals surface area (Å²) in [7, 11) is 0. The van der Waals surface area contributed by atoms with Crippen LogP contribution >= 0.6 is 0 Å². The van der Waals surface area contributed by atoms with Crippen molar-refractivity contribution in [1.82, 2.24) is 0 Å². The Hall–Kier alpha value is -1.35. The highest BCUT2D eigenvalue weighted by Gasteiger charge is 2.28. The Morgan fingerprint density at radius 1 is 1.43 bits per heavy atom. The van der Waals surface area contributed by atoms with Crippen molar-refractivity contribution in [3.8, 4) is 0 Å². The van der Waals surface area contributed by atoms with Gasteiger partial charge in [-0.3, -0.25) is 0 Å². The summed E-state index contributed by atoms with van der Waals surface area (Å²) in [5.74, 6) is -1.15. The SMILES string of the molecule is Cc1ccc([C@](C)([NH3+])C(=O)[O-])c(C)c1. The molecule has 1 atom stereocenters. The van der Waals surface area contributed by atoms with E-state index in [9.17, 15) is 9.90 Å². The molecule has 0 aliphatic heterocycles. The smallest absolute Gasteiger partial charge is 0.158 e. The van der Waals surface area contributed by atoms with E-state index in [-0.39, 0.29) is 0 Å². The molecule has 0 amide bonds. The maximum Gasteiger partial charge on any atom is 0.158 e. The van der Waals surface area contributed by atoms with Gasteiger partial charge in [-0.2, -0.15) is 0 Å². The van der Waals surface area contributed by atoms with Crippen molar-refractivity contribution in [2.45, 2.75) is 26.3 Å². The van der Waals surface area contributed by atoms with Crippen LogP contribution in [0.4, 0.5) is 0 Å². The van der Waals surface area contributed by atoms with Gasteiger partial charge in [0.15, 0.2) is 5.54 Å². The maximum absolute atomic E-state index is 10.9. The van der Waals surface area contributed by atoms with Crippen molar-refractivity contribution in [3.05, 3.63) is 34.9 Å². The normalized spacial score (nSPS) is 14.9. The first-order chi connectivity index (χ1) is 6.35. The van der Waals surface area contributed by atoms with Crippen molar-refractivity contribution in [2.75, 3.05) is 0 Å². The van der Waals surface area contributed by atoms with E-state index in [1.165, 1.54) is 0 Å². The molecule has 0 spiro atoms. The van der Waals surface area contributed by atoms with Crippen LogP contribution in [0.2, 0.25) is 0 Å². The lowest BCUT2D eigenvalue weighted by Crippen LogP contribution is -2.75. The zero-order valence-electron chi connectivity index (χ0n) is 8.76. The van der Waals surface area contributed by atoms with Gasteiger partial charge in [-0.15, -0.1) is 0 Å². The van der Waals surface area contributed by atoms with Crippen molar-refractivity contribution in [2.24, 2.45) is 0 Å². The molecule has 1 aromatic rings. The number of aryl methyl sites for hydroxylation is 2. The molecule has 0 bridgehead atoms. The first-order valence-corrected chi connectivity index (χ1v) is 4.50. The predicted molar refractivity (Wildman–Crippen MR) is 51.2 cm³/mol. The van der Waals surface area contributed by atoms with Gasteiger partial charge in [-0.1, -0.05) is 23.8 Å². The van der Waals surface area contributed by atoms with Crippen LogP contribution in [0.5, 0.6) is 0 Å². The number of carboxylic acid groups (broad SMARTS) is 1. The number of hydrogen-bond donors (Lipinski definition) is 1. The van der Waals surface area contributed by atoms with Crippen LogP contribution in [0.1, 0.15) is 23.6 Å². The molecule has 1 aromatic carbocycles. The second-order valence-electron chi connectivity index (χ2n) is 3.94. The second-order valence-corrected chi connectivity index (χ2v) is 3.94. The van der Waals surface area contributed by atoms with E-state index in [4.69, 9.17) is 0 Å². The fourth-order valence-corrected chi connectivity index (χ4v) is 1.54. The van der Waals surface area contributed by atoms with E-state index in [0.29, 0.717) is 5.56 Å². The van der Waals surface area contributed by atoms with Gasteiger partial charge in [0.2, 0.25) is 0 Å². The van der Waals surface area contributed by atoms with E-state index < -0.39 is 11.5 Å². The summed E-state index contributed by atoms with van der Waals surface area (Å²) < 4.78 is 0. The summed E-state index contributed by atoms with van der Waals surface area (Å²) in [6, 6.07) is 5.63. The van der Waals surface area contributed by atoms with Gasteiger partial charge in [-0.05, 0) is 19.4 Å². The fourth-order valence-electron chi connectivity index (χ4n) is 1.54. The minimum absolute atomic E-state index is 0.711. The molecule has 0 aromatic heterocycles. The van der Waals surface area contributed by atoms with Crippen LogP contribution in [-0.2, 0) is 10.3 Å². The molecule has 0 aliphatic carbocycles. The number of carboxylic acids is 1. The molecule has 0 fully saturated rings. The molecule has 14 heavy (non-hydrogen) atoms. The van der Waals surface area contributed by atoms with E-state index in [1.807, 2.05) is 26.0 Å². The number of carbonyl (C=O) groups excluding carboxylic acids is 1. The molecule has 0 saturated carbocycles. The van der Waals surface area contributed by atoms with Crippen molar-refractivity contribution < 1.29 is 15.6 Å². The van der Waals surface area contributed by atoms with Crippen LogP contribution in [-0.4, -0.2) is 5.97 Å². The molecule has 0 saturated heterocycles. The van der Waals surface area contributed by atoms with Gasteiger partial charge in [0.25, 0.3) is 0 Å². The molecule has 0 radical (unpaired) electrons. The van der Waals surface area contributed by atoms with Crippen LogP contribution in [0.15, 0.2) is 18.2 Å². The topological polar surface area (TPSA) is 67.8 Å². The monoisotopic (exact) mass is 193 g/mol. The van der Waals surface area contributed by atoms with Crippen LogP contribution in [0, 0.1) is 13.8 Å². The predicted octanol–water partition coefficient (Wildman–Crippen LogP) is -0.490. The van der Waals surface area contributed by atoms with E-state index in [2.05, 4.69) is 5.73 Å². The average molecular weight is 193 g/mol. The minimum atomic E-state index is -1.17. The van der Waals surface area contributed by atoms with E-state index in [0.717, 1.165) is 11.1 Å². The van der Waals surface area contributed by atoms with Gasteiger partial charge in [0.1, 0.15) is 5.97 Å². The van der Waals surface area contributed by atoms with Crippen molar-refractivity contribution >= 4 is 5.97 Å². The van der Waals surface area contributed by atoms with Crippen LogP contribution < -0.4 is 10.8 Å². The molecule has 3 nitrogen and oxygen atoms in total. The van der Waals surface area contributed by atoms with Gasteiger partial charge < -0.3 is 15.6 Å².